The Morgan fingerprint density at radius 3 is 1.50 bits per heavy atom. The third-order valence-corrected chi connectivity index (χ3v) is 6.70. The number of nitrogens with zero attached hydrogens (tertiary/aromatic N) is 3. The van der Waals surface area contributed by atoms with Crippen LogP contribution < -0.4 is 4.90 Å². The van der Waals surface area contributed by atoms with Crippen molar-refractivity contribution in [2.24, 2.45) is 11.8 Å². The van der Waals surface area contributed by atoms with Crippen molar-refractivity contribution in [3.05, 3.63) is 99.0 Å². The molecular formula is C25H13Cl2N3O2. The summed E-state index contributed by atoms with van der Waals surface area (Å²) in [5.74, 6) is -1.86. The van der Waals surface area contributed by atoms with Gasteiger partial charge in [0.05, 0.1) is 40.8 Å². The Hall–Kier alpha value is -3.64. The van der Waals surface area contributed by atoms with Crippen LogP contribution in [0.2, 0.25) is 10.0 Å². The van der Waals surface area contributed by atoms with Gasteiger partial charge in [0.15, 0.2) is 0 Å². The molecule has 2 amide bonds. The number of fused-ring (bicyclic) bond motifs is 1. The predicted octanol–water partition coefficient (Wildman–Crippen LogP) is 4.84. The Labute approximate surface area is 194 Å². The zero-order chi connectivity index (χ0) is 22.6. The van der Waals surface area contributed by atoms with Gasteiger partial charge in [-0.1, -0.05) is 47.5 Å². The first kappa shape index (κ1) is 20.3. The maximum atomic E-state index is 13.5. The number of imide groups is 1. The maximum Gasteiger partial charge on any atom is 0.239 e. The standard InChI is InChI=1S/C25H13Cl2N3O2/c26-18-9-19(27)11-20(10-18)30-23(31)21-22(24(30)32)25(21,16-5-1-14(12-28)2-6-16)17-7-3-15(13-29)4-8-17/h1-11,21-22H. The van der Waals surface area contributed by atoms with Gasteiger partial charge < -0.3 is 0 Å². The Morgan fingerprint density at radius 2 is 1.12 bits per heavy atom. The first-order valence-electron chi connectivity index (χ1n) is 9.77. The fourth-order valence-corrected chi connectivity index (χ4v) is 5.41. The van der Waals surface area contributed by atoms with Crippen molar-refractivity contribution >= 4 is 40.7 Å². The van der Waals surface area contributed by atoms with Crippen LogP contribution in [0.5, 0.6) is 0 Å². The van der Waals surface area contributed by atoms with Crippen molar-refractivity contribution < 1.29 is 9.59 Å². The van der Waals surface area contributed by atoms with E-state index in [0.717, 1.165) is 16.0 Å². The summed E-state index contributed by atoms with van der Waals surface area (Å²) >= 11 is 12.2. The first-order chi connectivity index (χ1) is 15.4. The van der Waals surface area contributed by atoms with E-state index < -0.39 is 17.3 Å². The number of anilines is 1. The molecule has 1 aliphatic carbocycles. The molecule has 3 aromatic rings. The smallest absolute Gasteiger partial charge is 0.239 e. The van der Waals surface area contributed by atoms with E-state index >= 15 is 0 Å². The molecule has 0 spiro atoms. The normalized spacial score (nSPS) is 20.4. The highest BCUT2D eigenvalue weighted by Crippen LogP contribution is 2.68. The second-order valence-corrected chi connectivity index (χ2v) is 8.72. The largest absolute Gasteiger partial charge is 0.274 e. The average molecular weight is 458 g/mol. The van der Waals surface area contributed by atoms with Crippen molar-refractivity contribution in [3.8, 4) is 12.1 Å². The van der Waals surface area contributed by atoms with Crippen LogP contribution in [0.25, 0.3) is 0 Å². The zero-order valence-electron chi connectivity index (χ0n) is 16.4. The molecule has 5 nitrogen and oxygen atoms in total. The minimum Gasteiger partial charge on any atom is -0.274 e. The molecule has 2 unspecified atom stereocenters. The van der Waals surface area contributed by atoms with Gasteiger partial charge in [-0.3, -0.25) is 9.59 Å². The Balaban J connectivity index is 1.63. The molecule has 3 aromatic carbocycles. The Morgan fingerprint density at radius 1 is 0.719 bits per heavy atom. The van der Waals surface area contributed by atoms with E-state index in [1.807, 2.05) is 0 Å². The molecular weight excluding hydrogens is 445 g/mol. The van der Waals surface area contributed by atoms with Crippen molar-refractivity contribution in [1.29, 1.82) is 10.5 Å². The summed E-state index contributed by atoms with van der Waals surface area (Å²) in [6, 6.07) is 22.7. The molecule has 2 aliphatic rings. The molecule has 0 radical (unpaired) electrons. The quantitative estimate of drug-likeness (QED) is 0.526. The summed E-state index contributed by atoms with van der Waals surface area (Å²) in [6.45, 7) is 0. The number of carbonyl (C=O) groups is 2. The number of rotatable bonds is 3. The number of piperidine rings is 1. The lowest BCUT2D eigenvalue weighted by Gasteiger charge is -2.27. The van der Waals surface area contributed by atoms with E-state index in [-0.39, 0.29) is 11.8 Å². The zero-order valence-corrected chi connectivity index (χ0v) is 17.9. The average Bonchev–Trinajstić information content (AvgIpc) is 3.42. The first-order valence-corrected chi connectivity index (χ1v) is 10.5. The van der Waals surface area contributed by atoms with Gasteiger partial charge in [-0.05, 0) is 53.6 Å². The van der Waals surface area contributed by atoms with Crippen LogP contribution in [0.15, 0.2) is 66.7 Å². The number of hydrogen-bond acceptors (Lipinski definition) is 4. The number of amides is 2. The molecule has 0 N–H and O–H groups in total. The van der Waals surface area contributed by atoms with Crippen LogP contribution in [-0.4, -0.2) is 11.8 Å². The van der Waals surface area contributed by atoms with E-state index in [0.29, 0.717) is 26.9 Å². The lowest BCUT2D eigenvalue weighted by Crippen LogP contribution is -2.39. The Bertz CT molecular complexity index is 1270. The molecule has 0 aromatic heterocycles. The fourth-order valence-electron chi connectivity index (χ4n) is 4.90. The van der Waals surface area contributed by atoms with Crippen LogP contribution in [-0.2, 0) is 15.0 Å². The summed E-state index contributed by atoms with van der Waals surface area (Å²) in [7, 11) is 0. The van der Waals surface area contributed by atoms with E-state index in [4.69, 9.17) is 33.7 Å². The maximum absolute atomic E-state index is 13.5. The summed E-state index contributed by atoms with van der Waals surface area (Å²) in [6.07, 6.45) is 0. The SMILES string of the molecule is N#Cc1ccc(C2(c3ccc(C#N)cc3)C3C(=O)N(c4cc(Cl)cc(Cl)c4)C(=O)C32)cc1. The van der Waals surface area contributed by atoms with E-state index in [1.165, 1.54) is 6.07 Å². The number of halogens is 2. The molecule has 1 aliphatic heterocycles. The highest BCUT2D eigenvalue weighted by molar-refractivity contribution is 6.36. The lowest BCUT2D eigenvalue weighted by atomic mass is 9.82. The molecule has 1 saturated carbocycles. The van der Waals surface area contributed by atoms with Gasteiger partial charge in [0.25, 0.3) is 0 Å². The molecule has 1 saturated heterocycles. The monoisotopic (exact) mass is 457 g/mol. The van der Waals surface area contributed by atoms with Gasteiger partial charge in [-0.2, -0.15) is 10.5 Å². The summed E-state index contributed by atoms with van der Waals surface area (Å²) in [4.78, 5) is 28.2. The number of hydrogen-bond donors (Lipinski definition) is 0. The van der Waals surface area contributed by atoms with Crippen LogP contribution >= 0.6 is 23.2 Å². The van der Waals surface area contributed by atoms with Gasteiger partial charge in [-0.25, -0.2) is 4.90 Å². The molecule has 32 heavy (non-hydrogen) atoms. The predicted molar refractivity (Wildman–Crippen MR) is 119 cm³/mol. The van der Waals surface area contributed by atoms with Crippen molar-refractivity contribution in [3.63, 3.8) is 0 Å². The second kappa shape index (κ2) is 7.21. The van der Waals surface area contributed by atoms with Crippen molar-refractivity contribution in [1.82, 2.24) is 0 Å². The van der Waals surface area contributed by atoms with Gasteiger partial charge in [0, 0.05) is 15.5 Å². The van der Waals surface area contributed by atoms with E-state index in [2.05, 4.69) is 12.1 Å². The molecule has 5 rings (SSSR count). The van der Waals surface area contributed by atoms with Gasteiger partial charge in [0.2, 0.25) is 11.8 Å². The molecule has 0 bridgehead atoms. The van der Waals surface area contributed by atoms with Gasteiger partial charge in [-0.15, -0.1) is 0 Å². The van der Waals surface area contributed by atoms with E-state index in [1.54, 1.807) is 60.7 Å². The molecule has 7 heteroatoms. The van der Waals surface area contributed by atoms with Crippen LogP contribution in [0.1, 0.15) is 22.3 Å². The summed E-state index contributed by atoms with van der Waals surface area (Å²) in [5.41, 5.74) is 2.03. The third-order valence-electron chi connectivity index (χ3n) is 6.27. The minimum atomic E-state index is -0.852. The molecule has 2 atom stereocenters. The minimum absolute atomic E-state index is 0.327. The topological polar surface area (TPSA) is 85.0 Å². The van der Waals surface area contributed by atoms with Crippen molar-refractivity contribution in [2.75, 3.05) is 4.90 Å². The molecule has 2 fully saturated rings. The third kappa shape index (κ3) is 2.76. The van der Waals surface area contributed by atoms with E-state index in [9.17, 15) is 9.59 Å². The summed E-state index contributed by atoms with van der Waals surface area (Å²) in [5, 5.41) is 19.0. The van der Waals surface area contributed by atoms with Crippen molar-refractivity contribution in [2.45, 2.75) is 5.41 Å². The van der Waals surface area contributed by atoms with Crippen LogP contribution in [0, 0.1) is 34.5 Å². The van der Waals surface area contributed by atoms with Gasteiger partial charge >= 0.3 is 0 Å². The van der Waals surface area contributed by atoms with Gasteiger partial charge in [0.1, 0.15) is 0 Å². The second-order valence-electron chi connectivity index (χ2n) is 7.84. The van der Waals surface area contributed by atoms with Crippen LogP contribution in [0.3, 0.4) is 0 Å². The highest BCUT2D eigenvalue weighted by Gasteiger charge is 2.78. The Kier molecular flexibility index (Phi) is 4.57. The van der Waals surface area contributed by atoms with Crippen LogP contribution in [0.4, 0.5) is 5.69 Å². The molecule has 154 valence electrons. The fraction of sp³-hybridized carbons (Fsp3) is 0.120. The summed E-state index contributed by atoms with van der Waals surface area (Å²) < 4.78 is 0. The number of nitriles is 2. The lowest BCUT2D eigenvalue weighted by molar-refractivity contribution is -0.124. The highest BCUT2D eigenvalue weighted by atomic mass is 35.5. The number of benzene rings is 3. The molecule has 1 heterocycles. The number of carbonyl (C=O) groups excluding carboxylic acids is 2.